The zero-order valence-electron chi connectivity index (χ0n) is 19.5. The van der Waals surface area contributed by atoms with Gasteiger partial charge in [-0.15, -0.1) is 0 Å². The maximum absolute atomic E-state index is 12.6. The fourth-order valence-electron chi connectivity index (χ4n) is 5.56. The summed E-state index contributed by atoms with van der Waals surface area (Å²) in [5.74, 6) is -0.785. The normalized spacial score (nSPS) is 22.5. The topological polar surface area (TPSA) is 95.9 Å². The quantitative estimate of drug-likeness (QED) is 0.648. The molecule has 5 rings (SSSR count). The van der Waals surface area contributed by atoms with Gasteiger partial charge >= 0.3 is 12.1 Å². The highest BCUT2D eigenvalue weighted by Crippen LogP contribution is 2.58. The van der Waals surface area contributed by atoms with Gasteiger partial charge in [0, 0.05) is 31.0 Å². The van der Waals surface area contributed by atoms with Gasteiger partial charge in [-0.2, -0.15) is 0 Å². The average molecular weight is 463 g/mol. The molecule has 7 nitrogen and oxygen atoms in total. The van der Waals surface area contributed by atoms with Gasteiger partial charge in [0.2, 0.25) is 5.91 Å². The number of hydrogen-bond acceptors (Lipinski definition) is 4. The molecule has 0 aromatic heterocycles. The van der Waals surface area contributed by atoms with Crippen LogP contribution in [0.3, 0.4) is 0 Å². The number of benzene rings is 2. The number of alkyl carbamates (subject to hydrolysis) is 1. The first-order chi connectivity index (χ1) is 16.2. The number of carboxylic acid groups (broad SMARTS) is 1. The zero-order valence-corrected chi connectivity index (χ0v) is 19.5. The molecule has 1 saturated carbocycles. The van der Waals surface area contributed by atoms with Gasteiger partial charge in [0.25, 0.3) is 0 Å². The Bertz CT molecular complexity index is 1110. The molecule has 178 valence electrons. The van der Waals surface area contributed by atoms with Crippen LogP contribution in [0.15, 0.2) is 48.5 Å². The molecule has 3 aliphatic rings. The van der Waals surface area contributed by atoms with Crippen molar-refractivity contribution in [2.75, 3.05) is 19.7 Å². The van der Waals surface area contributed by atoms with Crippen LogP contribution in [0.1, 0.15) is 50.2 Å². The highest BCUT2D eigenvalue weighted by Gasteiger charge is 2.66. The van der Waals surface area contributed by atoms with Crippen LogP contribution >= 0.6 is 0 Å². The molecular weight excluding hydrogens is 432 g/mol. The third kappa shape index (κ3) is 3.93. The largest absolute Gasteiger partial charge is 0.481 e. The second kappa shape index (κ2) is 8.15. The Morgan fingerprint density at radius 1 is 1.09 bits per heavy atom. The predicted molar refractivity (Wildman–Crippen MR) is 126 cm³/mol. The highest BCUT2D eigenvalue weighted by atomic mass is 16.5. The molecule has 2 aromatic rings. The monoisotopic (exact) mass is 462 g/mol. The molecule has 1 saturated heterocycles. The van der Waals surface area contributed by atoms with Crippen LogP contribution in [-0.4, -0.2) is 53.2 Å². The molecule has 2 amide bonds. The van der Waals surface area contributed by atoms with E-state index in [1.165, 1.54) is 11.1 Å². The van der Waals surface area contributed by atoms with E-state index in [0.717, 1.165) is 11.1 Å². The van der Waals surface area contributed by atoms with E-state index >= 15 is 0 Å². The lowest BCUT2D eigenvalue weighted by atomic mass is 9.97. The van der Waals surface area contributed by atoms with Gasteiger partial charge in [0.05, 0.1) is 5.41 Å². The van der Waals surface area contributed by atoms with Crippen molar-refractivity contribution in [2.24, 2.45) is 11.3 Å². The van der Waals surface area contributed by atoms with E-state index in [2.05, 4.69) is 29.6 Å². The summed E-state index contributed by atoms with van der Waals surface area (Å²) in [5, 5.41) is 12.3. The van der Waals surface area contributed by atoms with Crippen LogP contribution in [-0.2, 0) is 14.3 Å². The molecular formula is C27H30N2O5. The summed E-state index contributed by atoms with van der Waals surface area (Å²) >= 11 is 0. The Morgan fingerprint density at radius 3 is 2.29 bits per heavy atom. The Kier molecular flexibility index (Phi) is 5.38. The predicted octanol–water partition coefficient (Wildman–Crippen LogP) is 4.02. The van der Waals surface area contributed by atoms with Gasteiger partial charge in [0.15, 0.2) is 0 Å². The number of hydrogen-bond donors (Lipinski definition) is 2. The van der Waals surface area contributed by atoms with Crippen LogP contribution in [0, 0.1) is 11.3 Å². The third-order valence-electron chi connectivity index (χ3n) is 7.67. The summed E-state index contributed by atoms with van der Waals surface area (Å²) in [6.07, 6.45) is 0.851. The summed E-state index contributed by atoms with van der Waals surface area (Å²) in [6, 6.07) is 16.4. The van der Waals surface area contributed by atoms with E-state index in [-0.39, 0.29) is 30.8 Å². The van der Waals surface area contributed by atoms with Crippen molar-refractivity contribution in [3.63, 3.8) is 0 Å². The summed E-state index contributed by atoms with van der Waals surface area (Å²) in [4.78, 5) is 38.4. The van der Waals surface area contributed by atoms with Crippen LogP contribution in [0.2, 0.25) is 0 Å². The van der Waals surface area contributed by atoms with Gasteiger partial charge in [-0.05, 0) is 54.9 Å². The standard InChI is InChI=1S/C27H30N2O5/c1-26(2,12-11-23(30)29-14-17-13-27(17,16-29)24(31)32)28-25(33)34-15-22-20-9-5-3-7-18(20)19-8-4-6-10-21(19)22/h3-10,17,22H,11-16H2,1-2H3,(H,28,33)(H,31,32). The number of amides is 2. The maximum Gasteiger partial charge on any atom is 0.407 e. The molecule has 2 atom stereocenters. The van der Waals surface area contributed by atoms with E-state index in [1.807, 2.05) is 38.1 Å². The molecule has 2 unspecified atom stereocenters. The molecule has 7 heteroatoms. The number of carbonyl (C=O) groups is 3. The minimum absolute atomic E-state index is 0.00834. The van der Waals surface area contributed by atoms with Crippen molar-refractivity contribution in [1.29, 1.82) is 0 Å². The van der Waals surface area contributed by atoms with Crippen LogP contribution in [0.4, 0.5) is 4.79 Å². The summed E-state index contributed by atoms with van der Waals surface area (Å²) < 4.78 is 5.63. The van der Waals surface area contributed by atoms with Crippen LogP contribution in [0.5, 0.6) is 0 Å². The van der Waals surface area contributed by atoms with Crippen molar-refractivity contribution in [1.82, 2.24) is 10.2 Å². The zero-order chi connectivity index (χ0) is 24.1. The van der Waals surface area contributed by atoms with Gasteiger partial charge in [-0.25, -0.2) is 4.79 Å². The smallest absolute Gasteiger partial charge is 0.407 e. The number of nitrogens with one attached hydrogen (secondary N) is 1. The molecule has 34 heavy (non-hydrogen) atoms. The molecule has 0 spiro atoms. The number of ether oxygens (including phenoxy) is 1. The SMILES string of the molecule is CC(C)(CCC(=O)N1CC2CC2(C(=O)O)C1)NC(=O)OCC1c2ccccc2-c2ccccc21. The summed E-state index contributed by atoms with van der Waals surface area (Å²) in [7, 11) is 0. The van der Waals surface area contributed by atoms with Crippen molar-refractivity contribution in [3.05, 3.63) is 59.7 Å². The van der Waals surface area contributed by atoms with Crippen molar-refractivity contribution in [2.45, 2.75) is 44.6 Å². The molecule has 2 aromatic carbocycles. The molecule has 1 heterocycles. The second-order valence-electron chi connectivity index (χ2n) is 10.5. The Hall–Kier alpha value is -3.35. The average Bonchev–Trinajstić information content (AvgIpc) is 3.23. The molecule has 2 fully saturated rings. The number of likely N-dealkylation sites (tertiary alicyclic amines) is 1. The number of fused-ring (bicyclic) bond motifs is 4. The molecule has 0 bridgehead atoms. The third-order valence-corrected chi connectivity index (χ3v) is 7.67. The van der Waals surface area contributed by atoms with Gasteiger partial charge in [-0.3, -0.25) is 9.59 Å². The number of carbonyl (C=O) groups excluding carboxylic acids is 2. The van der Waals surface area contributed by atoms with Crippen molar-refractivity contribution >= 4 is 18.0 Å². The molecule has 2 aliphatic carbocycles. The lowest BCUT2D eigenvalue weighted by molar-refractivity contribution is -0.144. The number of nitrogens with zero attached hydrogens (tertiary/aromatic N) is 1. The fourth-order valence-corrected chi connectivity index (χ4v) is 5.56. The molecule has 1 aliphatic heterocycles. The highest BCUT2D eigenvalue weighted by molar-refractivity contribution is 5.84. The Labute approximate surface area is 199 Å². The fraction of sp³-hybridized carbons (Fsp3) is 0.444. The number of aliphatic carboxylic acids is 1. The Morgan fingerprint density at radius 2 is 1.71 bits per heavy atom. The first-order valence-electron chi connectivity index (χ1n) is 11.8. The number of rotatable bonds is 7. The van der Waals surface area contributed by atoms with Gasteiger partial charge in [-0.1, -0.05) is 48.5 Å². The molecule has 2 N–H and O–H groups in total. The minimum Gasteiger partial charge on any atom is -0.481 e. The molecule has 0 radical (unpaired) electrons. The first kappa shape index (κ1) is 22.4. The lowest BCUT2D eigenvalue weighted by Gasteiger charge is -2.27. The lowest BCUT2D eigenvalue weighted by Crippen LogP contribution is -2.45. The van der Waals surface area contributed by atoms with Crippen molar-refractivity contribution < 1.29 is 24.2 Å². The minimum atomic E-state index is -0.801. The summed E-state index contributed by atoms with van der Waals surface area (Å²) in [6.45, 7) is 4.78. The van der Waals surface area contributed by atoms with E-state index in [0.29, 0.717) is 25.9 Å². The van der Waals surface area contributed by atoms with E-state index < -0.39 is 23.0 Å². The second-order valence-corrected chi connectivity index (χ2v) is 10.5. The number of piperidine rings is 1. The van der Waals surface area contributed by atoms with Crippen molar-refractivity contribution in [3.8, 4) is 11.1 Å². The maximum atomic E-state index is 12.6. The van der Waals surface area contributed by atoms with Crippen LogP contribution in [0.25, 0.3) is 11.1 Å². The van der Waals surface area contributed by atoms with Gasteiger partial charge in [0.1, 0.15) is 6.61 Å². The summed E-state index contributed by atoms with van der Waals surface area (Å²) in [5.41, 5.74) is 3.31. The number of carboxylic acids is 1. The van der Waals surface area contributed by atoms with E-state index in [1.54, 1.807) is 4.90 Å². The van der Waals surface area contributed by atoms with Crippen LogP contribution < -0.4 is 5.32 Å². The first-order valence-corrected chi connectivity index (χ1v) is 11.8. The Balaban J connectivity index is 1.13. The van der Waals surface area contributed by atoms with E-state index in [9.17, 15) is 19.5 Å². The van der Waals surface area contributed by atoms with Gasteiger partial charge < -0.3 is 20.1 Å². The van der Waals surface area contributed by atoms with E-state index in [4.69, 9.17) is 4.74 Å².